The van der Waals surface area contributed by atoms with Crippen LogP contribution in [-0.2, 0) is 16.2 Å². The molecule has 50 heavy (non-hydrogen) atoms. The molecule has 0 amide bonds. The summed E-state index contributed by atoms with van der Waals surface area (Å²) in [4.78, 5) is 2.72. The van der Waals surface area contributed by atoms with E-state index in [0.717, 1.165) is 0 Å². The van der Waals surface area contributed by atoms with Gasteiger partial charge in [-0.25, -0.2) is 0 Å². The Kier molecular flexibility index (Phi) is 5.74. The van der Waals surface area contributed by atoms with Crippen LogP contribution in [0.1, 0.15) is 77.6 Å². The summed E-state index contributed by atoms with van der Waals surface area (Å²) in [6, 6.07) is 44.4. The van der Waals surface area contributed by atoms with E-state index in [2.05, 4.69) is 180 Å². The Bertz CT molecular complexity index is 2590. The molecule has 4 heterocycles. The molecule has 0 saturated carbocycles. The van der Waals surface area contributed by atoms with Crippen LogP contribution in [0.5, 0.6) is 0 Å². The molecule has 0 radical (unpaired) electrons. The molecule has 3 aliphatic heterocycles. The quantitative estimate of drug-likeness (QED) is 0.161. The zero-order valence-electron chi connectivity index (χ0n) is 30.4. The average molecular weight is 647 g/mol. The van der Waals surface area contributed by atoms with Gasteiger partial charge in [-0.3, -0.25) is 0 Å². The van der Waals surface area contributed by atoms with E-state index >= 15 is 0 Å². The van der Waals surface area contributed by atoms with E-state index in [1.165, 1.54) is 94.3 Å². The van der Waals surface area contributed by atoms with E-state index < -0.39 is 0 Å². The zero-order valence-corrected chi connectivity index (χ0v) is 30.4. The molecule has 0 N–H and O–H groups in total. The van der Waals surface area contributed by atoms with Crippen LogP contribution < -0.4 is 15.7 Å². The third kappa shape index (κ3) is 3.81. The van der Waals surface area contributed by atoms with E-state index in [9.17, 15) is 0 Å². The maximum atomic E-state index is 2.72. The number of aromatic nitrogens is 1. The maximum absolute atomic E-state index is 2.72. The number of fused-ring (bicyclic) bond motifs is 9. The standard InChI is InChI=1S/C47H43BN2/c1-45(2,3)30-21-22-39-33(25-30)35-26-31(46(4,5)6)27-38-44(35)49(39)41-24-29(28-15-10-9-11-16-28)23-34-32-17-14-19-37-43(32)50(48(38)42(34)41)40-20-13-12-18-36(40)47(37,7)8/h9-27H,1-8H3. The number of hydrogen-bond donors (Lipinski definition) is 0. The summed E-state index contributed by atoms with van der Waals surface area (Å²) < 4.78 is 2.62. The Morgan fingerprint density at radius 3 is 2.02 bits per heavy atom. The van der Waals surface area contributed by atoms with Gasteiger partial charge in [0.15, 0.2) is 0 Å². The highest BCUT2D eigenvalue weighted by Gasteiger charge is 2.49. The summed E-state index contributed by atoms with van der Waals surface area (Å²) in [7, 11) is 0. The first kappa shape index (κ1) is 29.9. The number of anilines is 2. The molecule has 2 nitrogen and oxygen atoms in total. The largest absolute Gasteiger partial charge is 0.376 e. The van der Waals surface area contributed by atoms with Gasteiger partial charge >= 0.3 is 6.85 Å². The Morgan fingerprint density at radius 1 is 0.560 bits per heavy atom. The Balaban J connectivity index is 1.43. The SMILES string of the molecule is CC(C)(C)c1ccc2c(c1)c1cc(C(C)(C)C)cc3c1n2-c1cc(-c2ccccc2)cc2c1B3N1c3ccccc3C(C)(C)c3cccc-2c31. The lowest BCUT2D eigenvalue weighted by Gasteiger charge is -2.49. The lowest BCUT2D eigenvalue weighted by atomic mass is 9.42. The topological polar surface area (TPSA) is 8.17 Å². The van der Waals surface area contributed by atoms with Crippen molar-refractivity contribution >= 4 is 51.0 Å². The van der Waals surface area contributed by atoms with Gasteiger partial charge in [0.2, 0.25) is 0 Å². The number of para-hydroxylation sites is 2. The van der Waals surface area contributed by atoms with Crippen LogP contribution in [0.2, 0.25) is 0 Å². The van der Waals surface area contributed by atoms with Crippen LogP contribution in [-0.4, -0.2) is 11.4 Å². The van der Waals surface area contributed by atoms with Crippen LogP contribution in [0.25, 0.3) is 49.7 Å². The predicted molar refractivity (Wildman–Crippen MR) is 215 cm³/mol. The van der Waals surface area contributed by atoms with Crippen molar-refractivity contribution in [3.63, 3.8) is 0 Å². The lowest BCUT2D eigenvalue weighted by molar-refractivity contribution is 0.590. The van der Waals surface area contributed by atoms with Crippen molar-refractivity contribution in [2.75, 3.05) is 4.81 Å². The van der Waals surface area contributed by atoms with Crippen molar-refractivity contribution in [3.8, 4) is 27.9 Å². The summed E-state index contributed by atoms with van der Waals surface area (Å²) in [5.41, 5.74) is 20.0. The van der Waals surface area contributed by atoms with E-state index in [-0.39, 0.29) is 23.1 Å². The summed E-state index contributed by atoms with van der Waals surface area (Å²) in [5, 5.41) is 2.70. The molecular weight excluding hydrogens is 603 g/mol. The van der Waals surface area contributed by atoms with Crippen LogP contribution in [0, 0.1) is 0 Å². The van der Waals surface area contributed by atoms with Crippen molar-refractivity contribution in [2.24, 2.45) is 0 Å². The van der Waals surface area contributed by atoms with Crippen LogP contribution in [0.4, 0.5) is 11.4 Å². The smallest absolute Gasteiger partial charge is 0.333 e. The van der Waals surface area contributed by atoms with Crippen molar-refractivity contribution in [3.05, 3.63) is 138 Å². The monoisotopic (exact) mass is 646 g/mol. The molecule has 1 aromatic heterocycles. The second-order valence-electron chi connectivity index (χ2n) is 17.5. The van der Waals surface area contributed by atoms with Crippen LogP contribution >= 0.6 is 0 Å². The van der Waals surface area contributed by atoms with Crippen LogP contribution in [0.3, 0.4) is 0 Å². The second-order valence-corrected chi connectivity index (χ2v) is 17.5. The third-order valence-corrected chi connectivity index (χ3v) is 12.0. The fourth-order valence-electron chi connectivity index (χ4n) is 9.36. The molecule has 0 spiro atoms. The van der Waals surface area contributed by atoms with E-state index in [1.54, 1.807) is 0 Å². The fourth-order valence-corrected chi connectivity index (χ4v) is 9.36. The Morgan fingerprint density at radius 2 is 1.26 bits per heavy atom. The summed E-state index contributed by atoms with van der Waals surface area (Å²) in [5.74, 6) is 0. The molecule has 3 heteroatoms. The molecular formula is C47H43BN2. The molecule has 0 unspecified atom stereocenters. The van der Waals surface area contributed by atoms with Gasteiger partial charge in [-0.15, -0.1) is 0 Å². The zero-order chi connectivity index (χ0) is 34.5. The van der Waals surface area contributed by atoms with Gasteiger partial charge in [0.25, 0.3) is 0 Å². The minimum absolute atomic E-state index is 0.0133. The first-order chi connectivity index (χ1) is 23.8. The minimum Gasteiger partial charge on any atom is -0.376 e. The Labute approximate surface area is 296 Å². The normalized spacial score (nSPS) is 15.3. The highest BCUT2D eigenvalue weighted by molar-refractivity contribution is 6.93. The molecule has 7 aromatic rings. The third-order valence-electron chi connectivity index (χ3n) is 12.0. The molecule has 0 saturated heterocycles. The minimum atomic E-state index is -0.134. The van der Waals surface area contributed by atoms with Crippen LogP contribution in [0.15, 0.2) is 115 Å². The number of nitrogens with zero attached hydrogens (tertiary/aromatic N) is 2. The van der Waals surface area contributed by atoms with Crippen molar-refractivity contribution in [1.29, 1.82) is 0 Å². The first-order valence-electron chi connectivity index (χ1n) is 18.2. The van der Waals surface area contributed by atoms with Gasteiger partial charge in [-0.2, -0.15) is 0 Å². The van der Waals surface area contributed by atoms with Gasteiger partial charge in [0, 0.05) is 38.8 Å². The predicted octanol–water partition coefficient (Wildman–Crippen LogP) is 10.9. The number of benzene rings is 6. The molecule has 0 atom stereocenters. The van der Waals surface area contributed by atoms with Crippen molar-refractivity contribution in [1.82, 2.24) is 4.57 Å². The van der Waals surface area contributed by atoms with E-state index in [1.807, 2.05) is 0 Å². The highest BCUT2D eigenvalue weighted by Crippen LogP contribution is 2.55. The number of hydrogen-bond acceptors (Lipinski definition) is 1. The maximum Gasteiger partial charge on any atom is 0.333 e. The summed E-state index contributed by atoms with van der Waals surface area (Å²) in [6.07, 6.45) is 0. The average Bonchev–Trinajstić information content (AvgIpc) is 3.43. The fraction of sp³-hybridized carbons (Fsp3) is 0.234. The van der Waals surface area contributed by atoms with Crippen molar-refractivity contribution < 1.29 is 0 Å². The molecule has 10 rings (SSSR count). The summed E-state index contributed by atoms with van der Waals surface area (Å²) >= 11 is 0. The number of rotatable bonds is 1. The molecule has 0 aliphatic carbocycles. The van der Waals surface area contributed by atoms with Gasteiger partial charge in [-0.1, -0.05) is 134 Å². The first-order valence-corrected chi connectivity index (χ1v) is 18.2. The lowest BCUT2D eigenvalue weighted by Crippen LogP contribution is -2.62. The van der Waals surface area contributed by atoms with Gasteiger partial charge in [-0.05, 0) is 97.1 Å². The Hall–Kier alpha value is -5.02. The molecule has 0 fully saturated rings. The second kappa shape index (κ2) is 9.61. The van der Waals surface area contributed by atoms with Crippen molar-refractivity contribution in [2.45, 2.75) is 71.6 Å². The molecule has 244 valence electrons. The molecule has 6 aromatic carbocycles. The van der Waals surface area contributed by atoms with Gasteiger partial charge in [0.1, 0.15) is 0 Å². The van der Waals surface area contributed by atoms with Gasteiger partial charge in [0.05, 0.1) is 11.0 Å². The summed E-state index contributed by atoms with van der Waals surface area (Å²) in [6.45, 7) is 18.9. The molecule has 3 aliphatic rings. The highest BCUT2D eigenvalue weighted by atomic mass is 15.1. The molecule has 0 bridgehead atoms. The van der Waals surface area contributed by atoms with Gasteiger partial charge < -0.3 is 9.38 Å². The van der Waals surface area contributed by atoms with E-state index in [0.29, 0.717) is 0 Å². The van der Waals surface area contributed by atoms with E-state index in [4.69, 9.17) is 0 Å².